The van der Waals surface area contributed by atoms with Gasteiger partial charge in [0.25, 0.3) is 0 Å². The molecule has 0 atom stereocenters. The molecule has 0 aliphatic carbocycles. The van der Waals surface area contributed by atoms with Gasteiger partial charge < -0.3 is 9.84 Å². The fourth-order valence-corrected chi connectivity index (χ4v) is 1.87. The van der Waals surface area contributed by atoms with Gasteiger partial charge in [-0.15, -0.1) is 0 Å². The lowest BCUT2D eigenvalue weighted by Gasteiger charge is -2.09. The Morgan fingerprint density at radius 2 is 1.62 bits per heavy atom. The second kappa shape index (κ2) is 4.89. The Bertz CT molecular complexity index is 498. The van der Waals surface area contributed by atoms with Crippen LogP contribution in [0.3, 0.4) is 0 Å². The molecule has 0 heterocycles. The largest absolute Gasteiger partial charge is 0.503 e. The first-order valence-electron chi connectivity index (χ1n) is 4.58. The van der Waals surface area contributed by atoms with E-state index in [4.69, 9.17) is 4.74 Å². The summed E-state index contributed by atoms with van der Waals surface area (Å²) in [6.07, 6.45) is 0. The van der Waals surface area contributed by atoms with Gasteiger partial charge in [0.05, 0.1) is 4.47 Å². The third-order valence-corrected chi connectivity index (χ3v) is 4.00. The molecule has 0 bridgehead atoms. The molecule has 1 N–H and O–H groups in total. The van der Waals surface area contributed by atoms with E-state index in [1.54, 1.807) is 6.07 Å². The molecule has 82 valence electrons. The van der Waals surface area contributed by atoms with Gasteiger partial charge in [-0.2, -0.15) is 0 Å². The molecule has 0 aromatic heterocycles. The van der Waals surface area contributed by atoms with Crippen LogP contribution in [0.1, 0.15) is 0 Å². The van der Waals surface area contributed by atoms with Crippen molar-refractivity contribution in [3.8, 4) is 17.2 Å². The lowest BCUT2D eigenvalue weighted by atomic mass is 10.3. The summed E-state index contributed by atoms with van der Waals surface area (Å²) in [7, 11) is 0. The minimum Gasteiger partial charge on any atom is -0.503 e. The minimum absolute atomic E-state index is 0.0817. The highest BCUT2D eigenvalue weighted by Crippen LogP contribution is 2.40. The maximum Gasteiger partial charge on any atom is 0.174 e. The summed E-state index contributed by atoms with van der Waals surface area (Å²) in [6, 6.07) is 12.8. The fourth-order valence-electron chi connectivity index (χ4n) is 1.22. The summed E-state index contributed by atoms with van der Waals surface area (Å²) in [5, 5.41) is 9.84. The van der Waals surface area contributed by atoms with E-state index in [0.717, 1.165) is 4.47 Å². The Hall–Kier alpha value is -1.000. The predicted molar refractivity (Wildman–Crippen MR) is 70.0 cm³/mol. The van der Waals surface area contributed by atoms with Gasteiger partial charge in [-0.25, -0.2) is 0 Å². The van der Waals surface area contributed by atoms with E-state index in [0.29, 0.717) is 16.0 Å². The van der Waals surface area contributed by atoms with Crippen molar-refractivity contribution in [1.29, 1.82) is 0 Å². The van der Waals surface area contributed by atoms with Crippen molar-refractivity contribution < 1.29 is 9.84 Å². The van der Waals surface area contributed by atoms with Gasteiger partial charge in [0, 0.05) is 4.47 Å². The first kappa shape index (κ1) is 11.5. The molecular weight excluding hydrogens is 336 g/mol. The van der Waals surface area contributed by atoms with Crippen molar-refractivity contribution in [3.63, 3.8) is 0 Å². The third kappa shape index (κ3) is 2.39. The van der Waals surface area contributed by atoms with E-state index in [-0.39, 0.29) is 5.75 Å². The Balaban J connectivity index is 2.33. The molecule has 0 aliphatic heterocycles. The Kier molecular flexibility index (Phi) is 3.51. The van der Waals surface area contributed by atoms with Gasteiger partial charge in [0.1, 0.15) is 5.75 Å². The van der Waals surface area contributed by atoms with Gasteiger partial charge in [-0.05, 0) is 56.1 Å². The zero-order chi connectivity index (χ0) is 11.5. The van der Waals surface area contributed by atoms with Crippen LogP contribution in [0.5, 0.6) is 17.2 Å². The smallest absolute Gasteiger partial charge is 0.174 e. The average molecular weight is 344 g/mol. The van der Waals surface area contributed by atoms with Crippen LogP contribution in [0, 0.1) is 0 Å². The fraction of sp³-hybridized carbons (Fsp3) is 0. The van der Waals surface area contributed by atoms with Gasteiger partial charge >= 0.3 is 0 Å². The van der Waals surface area contributed by atoms with Crippen molar-refractivity contribution in [2.24, 2.45) is 0 Å². The normalized spacial score (nSPS) is 10.1. The number of halogens is 2. The lowest BCUT2D eigenvalue weighted by Crippen LogP contribution is -1.85. The maximum absolute atomic E-state index is 9.84. The standard InChI is InChI=1S/C12H8Br2O2/c13-9-6-7-10(12(15)11(9)14)16-8-4-2-1-3-5-8/h1-7,15H. The zero-order valence-corrected chi connectivity index (χ0v) is 11.3. The summed E-state index contributed by atoms with van der Waals surface area (Å²) >= 11 is 6.57. The summed E-state index contributed by atoms with van der Waals surface area (Å²) < 4.78 is 6.91. The number of hydrogen-bond donors (Lipinski definition) is 1. The number of para-hydroxylation sites is 1. The van der Waals surface area contributed by atoms with Gasteiger partial charge in [0.2, 0.25) is 0 Å². The van der Waals surface area contributed by atoms with E-state index < -0.39 is 0 Å². The minimum atomic E-state index is 0.0817. The highest BCUT2D eigenvalue weighted by Gasteiger charge is 2.10. The van der Waals surface area contributed by atoms with Crippen molar-refractivity contribution in [1.82, 2.24) is 0 Å². The molecule has 2 aromatic rings. The van der Waals surface area contributed by atoms with E-state index in [1.165, 1.54) is 0 Å². The number of phenols is 1. The maximum atomic E-state index is 9.84. The highest BCUT2D eigenvalue weighted by atomic mass is 79.9. The van der Waals surface area contributed by atoms with Crippen LogP contribution >= 0.6 is 31.9 Å². The molecule has 0 unspecified atom stereocenters. The number of benzene rings is 2. The number of ether oxygens (including phenoxy) is 1. The van der Waals surface area contributed by atoms with Gasteiger partial charge in [-0.3, -0.25) is 0 Å². The summed E-state index contributed by atoms with van der Waals surface area (Å²) in [4.78, 5) is 0. The van der Waals surface area contributed by atoms with Crippen molar-refractivity contribution in [2.75, 3.05) is 0 Å². The molecule has 2 aromatic carbocycles. The third-order valence-electron chi connectivity index (χ3n) is 2.00. The quantitative estimate of drug-likeness (QED) is 0.855. The Morgan fingerprint density at radius 3 is 2.31 bits per heavy atom. The van der Waals surface area contributed by atoms with E-state index in [1.807, 2.05) is 36.4 Å². The first-order valence-corrected chi connectivity index (χ1v) is 6.17. The topological polar surface area (TPSA) is 29.5 Å². The monoisotopic (exact) mass is 342 g/mol. The molecule has 16 heavy (non-hydrogen) atoms. The van der Waals surface area contributed by atoms with Gasteiger partial charge in [-0.1, -0.05) is 18.2 Å². The number of rotatable bonds is 2. The van der Waals surface area contributed by atoms with Crippen molar-refractivity contribution in [3.05, 3.63) is 51.4 Å². The van der Waals surface area contributed by atoms with Crippen LogP contribution in [0.4, 0.5) is 0 Å². The van der Waals surface area contributed by atoms with Crippen LogP contribution in [-0.2, 0) is 0 Å². The number of hydrogen-bond acceptors (Lipinski definition) is 2. The SMILES string of the molecule is Oc1c(Oc2ccccc2)ccc(Br)c1Br. The molecule has 2 nitrogen and oxygen atoms in total. The number of aromatic hydroxyl groups is 1. The van der Waals surface area contributed by atoms with Crippen LogP contribution in [0.15, 0.2) is 51.4 Å². The van der Waals surface area contributed by atoms with E-state index in [2.05, 4.69) is 31.9 Å². The summed E-state index contributed by atoms with van der Waals surface area (Å²) in [6.45, 7) is 0. The number of phenolic OH excluding ortho intramolecular Hbond substituents is 1. The summed E-state index contributed by atoms with van der Waals surface area (Å²) in [5.41, 5.74) is 0. The molecule has 0 radical (unpaired) electrons. The highest BCUT2D eigenvalue weighted by molar-refractivity contribution is 9.13. The lowest BCUT2D eigenvalue weighted by molar-refractivity contribution is 0.408. The molecule has 0 fully saturated rings. The average Bonchev–Trinajstić information content (AvgIpc) is 2.31. The Labute approximate surface area is 110 Å². The molecule has 0 aliphatic rings. The van der Waals surface area contributed by atoms with Crippen LogP contribution in [-0.4, -0.2) is 5.11 Å². The van der Waals surface area contributed by atoms with Crippen molar-refractivity contribution in [2.45, 2.75) is 0 Å². The second-order valence-corrected chi connectivity index (χ2v) is 4.77. The molecule has 0 saturated carbocycles. The molecule has 2 rings (SSSR count). The van der Waals surface area contributed by atoms with Crippen LogP contribution < -0.4 is 4.74 Å². The van der Waals surface area contributed by atoms with Crippen molar-refractivity contribution >= 4 is 31.9 Å². The van der Waals surface area contributed by atoms with Crippen LogP contribution in [0.2, 0.25) is 0 Å². The van der Waals surface area contributed by atoms with E-state index >= 15 is 0 Å². The summed E-state index contributed by atoms with van der Waals surface area (Å²) in [5.74, 6) is 1.19. The molecule has 0 saturated heterocycles. The molecule has 4 heteroatoms. The molecular formula is C12H8Br2O2. The molecule has 0 spiro atoms. The molecule has 0 amide bonds. The van der Waals surface area contributed by atoms with Crippen LogP contribution in [0.25, 0.3) is 0 Å². The first-order chi connectivity index (χ1) is 7.68. The Morgan fingerprint density at radius 1 is 0.938 bits per heavy atom. The predicted octanol–water partition coefficient (Wildman–Crippen LogP) is 4.71. The zero-order valence-electron chi connectivity index (χ0n) is 8.15. The van der Waals surface area contributed by atoms with Gasteiger partial charge in [0.15, 0.2) is 11.5 Å². The van der Waals surface area contributed by atoms with E-state index in [9.17, 15) is 5.11 Å². The second-order valence-electron chi connectivity index (χ2n) is 3.12.